The summed E-state index contributed by atoms with van der Waals surface area (Å²) in [5.74, 6) is 0.360. The van der Waals surface area contributed by atoms with E-state index in [1.807, 2.05) is 16.8 Å². The Morgan fingerprint density at radius 1 is 1.43 bits per heavy atom. The van der Waals surface area contributed by atoms with Gasteiger partial charge in [-0.3, -0.25) is 4.79 Å². The molecule has 0 fully saturated rings. The number of carbonyl (C=O) groups is 1. The number of hydrogen-bond acceptors (Lipinski definition) is 4. The molecule has 0 atom stereocenters. The molecule has 0 aliphatic carbocycles. The van der Waals surface area contributed by atoms with Crippen molar-refractivity contribution in [1.29, 1.82) is 5.26 Å². The molecule has 1 aromatic carbocycles. The van der Waals surface area contributed by atoms with Crippen LogP contribution in [0.4, 0.5) is 0 Å². The van der Waals surface area contributed by atoms with Gasteiger partial charge in [-0.1, -0.05) is 12.1 Å². The molecular formula is C17H18N4O2. The smallest absolute Gasteiger partial charge is 0.261 e. The molecule has 1 aromatic heterocycles. The maximum Gasteiger partial charge on any atom is 0.261 e. The first-order valence-corrected chi connectivity index (χ1v) is 7.22. The number of nitrogens with one attached hydrogen (secondary N) is 1. The van der Waals surface area contributed by atoms with Gasteiger partial charge in [0.15, 0.2) is 0 Å². The van der Waals surface area contributed by atoms with Crippen LogP contribution < -0.4 is 10.1 Å². The number of carbonyl (C=O) groups excluding carboxylic acids is 1. The van der Waals surface area contributed by atoms with E-state index in [1.165, 1.54) is 0 Å². The highest BCUT2D eigenvalue weighted by Crippen LogP contribution is 2.13. The Balaban J connectivity index is 1.87. The molecular weight excluding hydrogens is 292 g/mol. The second-order valence-corrected chi connectivity index (χ2v) is 4.85. The lowest BCUT2D eigenvalue weighted by Gasteiger charge is -2.05. The molecule has 0 aliphatic heterocycles. The summed E-state index contributed by atoms with van der Waals surface area (Å²) >= 11 is 0. The van der Waals surface area contributed by atoms with Crippen LogP contribution in [0.3, 0.4) is 0 Å². The fourth-order valence-corrected chi connectivity index (χ4v) is 1.99. The molecule has 0 spiro atoms. The highest BCUT2D eigenvalue weighted by Gasteiger charge is 2.08. The van der Waals surface area contributed by atoms with Crippen molar-refractivity contribution < 1.29 is 9.53 Å². The number of amides is 1. The van der Waals surface area contributed by atoms with E-state index < -0.39 is 0 Å². The minimum atomic E-state index is -0.367. The molecule has 23 heavy (non-hydrogen) atoms. The number of imidazole rings is 1. The average molecular weight is 310 g/mol. The summed E-state index contributed by atoms with van der Waals surface area (Å²) in [7, 11) is 1.59. The van der Waals surface area contributed by atoms with Crippen LogP contribution in [-0.4, -0.2) is 29.1 Å². The molecule has 6 nitrogen and oxygen atoms in total. The molecule has 0 unspecified atom stereocenters. The number of aryl methyl sites for hydroxylation is 1. The van der Waals surface area contributed by atoms with Crippen LogP contribution >= 0.6 is 0 Å². The van der Waals surface area contributed by atoms with Crippen molar-refractivity contribution in [2.24, 2.45) is 0 Å². The van der Waals surface area contributed by atoms with Crippen LogP contribution in [0.25, 0.3) is 6.08 Å². The van der Waals surface area contributed by atoms with Gasteiger partial charge in [-0.25, -0.2) is 4.98 Å². The quantitative estimate of drug-likeness (QED) is 0.482. The van der Waals surface area contributed by atoms with Gasteiger partial charge in [0, 0.05) is 25.5 Å². The van der Waals surface area contributed by atoms with E-state index in [2.05, 4.69) is 10.3 Å². The van der Waals surface area contributed by atoms with E-state index in [0.717, 1.165) is 24.3 Å². The highest BCUT2D eigenvalue weighted by molar-refractivity contribution is 6.01. The molecule has 1 N–H and O–H groups in total. The Bertz CT molecular complexity index is 697. The zero-order valence-electron chi connectivity index (χ0n) is 12.9. The molecule has 2 aromatic rings. The largest absolute Gasteiger partial charge is 0.497 e. The third-order valence-electron chi connectivity index (χ3n) is 3.23. The molecule has 1 amide bonds. The fraction of sp³-hybridized carbons (Fsp3) is 0.235. The van der Waals surface area contributed by atoms with Gasteiger partial charge in [-0.2, -0.15) is 5.26 Å². The van der Waals surface area contributed by atoms with Crippen molar-refractivity contribution in [3.05, 3.63) is 54.1 Å². The number of benzene rings is 1. The molecule has 0 bridgehead atoms. The number of hydrogen-bond donors (Lipinski definition) is 1. The van der Waals surface area contributed by atoms with Gasteiger partial charge in [-0.05, 0) is 30.2 Å². The molecule has 0 saturated carbocycles. The predicted molar refractivity (Wildman–Crippen MR) is 86.4 cm³/mol. The van der Waals surface area contributed by atoms with Crippen LogP contribution in [-0.2, 0) is 11.3 Å². The van der Waals surface area contributed by atoms with Crippen LogP contribution in [0.2, 0.25) is 0 Å². The standard InChI is InChI=1S/C17H18N4O2/c1-23-16-5-3-14(4-6-16)11-15(12-18)17(22)20-7-2-9-21-10-8-19-13-21/h3-6,8,10-11,13H,2,7,9H2,1H3,(H,20,22). The maximum atomic E-state index is 12.0. The van der Waals surface area contributed by atoms with E-state index in [9.17, 15) is 4.79 Å². The number of aromatic nitrogens is 2. The Kier molecular flexibility index (Phi) is 5.95. The summed E-state index contributed by atoms with van der Waals surface area (Å²) in [6.07, 6.45) is 7.64. The monoisotopic (exact) mass is 310 g/mol. The third kappa shape index (κ3) is 5.00. The summed E-state index contributed by atoms with van der Waals surface area (Å²) < 4.78 is 7.01. The van der Waals surface area contributed by atoms with Crippen molar-refractivity contribution in [2.45, 2.75) is 13.0 Å². The predicted octanol–water partition coefficient (Wildman–Crippen LogP) is 2.01. The Morgan fingerprint density at radius 3 is 2.83 bits per heavy atom. The lowest BCUT2D eigenvalue weighted by molar-refractivity contribution is -0.117. The van der Waals surface area contributed by atoms with Gasteiger partial charge in [-0.15, -0.1) is 0 Å². The SMILES string of the molecule is COc1ccc(C=C(C#N)C(=O)NCCCn2ccnc2)cc1. The summed E-state index contributed by atoms with van der Waals surface area (Å²) in [4.78, 5) is 16.0. The first kappa shape index (κ1) is 16.3. The average Bonchev–Trinajstić information content (AvgIpc) is 3.10. The van der Waals surface area contributed by atoms with E-state index in [4.69, 9.17) is 10.00 Å². The van der Waals surface area contributed by atoms with E-state index >= 15 is 0 Å². The van der Waals surface area contributed by atoms with Crippen LogP contribution in [0.5, 0.6) is 5.75 Å². The van der Waals surface area contributed by atoms with Crippen LogP contribution in [0.1, 0.15) is 12.0 Å². The van der Waals surface area contributed by atoms with E-state index in [-0.39, 0.29) is 11.5 Å². The van der Waals surface area contributed by atoms with Gasteiger partial charge in [0.05, 0.1) is 13.4 Å². The topological polar surface area (TPSA) is 79.9 Å². The van der Waals surface area contributed by atoms with Gasteiger partial charge >= 0.3 is 0 Å². The van der Waals surface area contributed by atoms with Crippen molar-refractivity contribution in [3.8, 4) is 11.8 Å². The summed E-state index contributed by atoms with van der Waals surface area (Å²) in [5, 5.41) is 11.9. The molecule has 1 heterocycles. The minimum absolute atomic E-state index is 0.0813. The Morgan fingerprint density at radius 2 is 2.22 bits per heavy atom. The summed E-state index contributed by atoms with van der Waals surface area (Å²) in [6.45, 7) is 1.27. The summed E-state index contributed by atoms with van der Waals surface area (Å²) in [6, 6.07) is 9.09. The molecule has 6 heteroatoms. The third-order valence-corrected chi connectivity index (χ3v) is 3.23. The highest BCUT2D eigenvalue weighted by atomic mass is 16.5. The van der Waals surface area contributed by atoms with E-state index in [1.54, 1.807) is 50.0 Å². The lowest BCUT2D eigenvalue weighted by Crippen LogP contribution is -2.26. The van der Waals surface area contributed by atoms with Crippen molar-refractivity contribution in [3.63, 3.8) is 0 Å². The molecule has 118 valence electrons. The Hall–Kier alpha value is -3.07. The number of ether oxygens (including phenoxy) is 1. The second kappa shape index (κ2) is 8.39. The Labute approximate surface area is 135 Å². The van der Waals surface area contributed by atoms with Crippen LogP contribution in [0.15, 0.2) is 48.6 Å². The van der Waals surface area contributed by atoms with Crippen molar-refractivity contribution in [1.82, 2.24) is 14.9 Å². The van der Waals surface area contributed by atoms with Gasteiger partial charge in [0.25, 0.3) is 5.91 Å². The minimum Gasteiger partial charge on any atom is -0.497 e. The maximum absolute atomic E-state index is 12.0. The normalized spacial score (nSPS) is 10.9. The summed E-state index contributed by atoms with van der Waals surface area (Å²) in [5.41, 5.74) is 0.855. The molecule has 0 aliphatic rings. The number of nitriles is 1. The van der Waals surface area contributed by atoms with Gasteiger partial charge in [0.1, 0.15) is 17.4 Å². The molecule has 0 saturated heterocycles. The van der Waals surface area contributed by atoms with Crippen LogP contribution in [0, 0.1) is 11.3 Å². The zero-order valence-corrected chi connectivity index (χ0v) is 12.9. The van der Waals surface area contributed by atoms with E-state index in [0.29, 0.717) is 6.54 Å². The lowest BCUT2D eigenvalue weighted by atomic mass is 10.1. The first-order chi connectivity index (χ1) is 11.2. The molecule has 0 radical (unpaired) electrons. The van der Waals surface area contributed by atoms with Crippen molar-refractivity contribution >= 4 is 12.0 Å². The molecule has 2 rings (SSSR count). The number of nitrogens with zero attached hydrogens (tertiary/aromatic N) is 3. The first-order valence-electron chi connectivity index (χ1n) is 7.22. The number of methoxy groups -OCH3 is 1. The number of rotatable bonds is 7. The fourth-order valence-electron chi connectivity index (χ4n) is 1.99. The van der Waals surface area contributed by atoms with Gasteiger partial charge in [0.2, 0.25) is 0 Å². The second-order valence-electron chi connectivity index (χ2n) is 4.85. The zero-order chi connectivity index (χ0) is 16.5. The van der Waals surface area contributed by atoms with Crippen molar-refractivity contribution in [2.75, 3.05) is 13.7 Å². The van der Waals surface area contributed by atoms with Gasteiger partial charge < -0.3 is 14.6 Å².